The summed E-state index contributed by atoms with van der Waals surface area (Å²) in [5, 5.41) is 3.39. The maximum Gasteiger partial charge on any atom is 0.410 e. The molecule has 1 amide bonds. The van der Waals surface area contributed by atoms with Gasteiger partial charge in [0.15, 0.2) is 0 Å². The highest BCUT2D eigenvalue weighted by atomic mass is 16.6. The lowest BCUT2D eigenvalue weighted by molar-refractivity contribution is 0.0195. The van der Waals surface area contributed by atoms with Crippen LogP contribution in [-0.4, -0.2) is 42.3 Å². The van der Waals surface area contributed by atoms with Crippen molar-refractivity contribution < 1.29 is 9.53 Å². The van der Waals surface area contributed by atoms with E-state index in [2.05, 4.69) is 11.9 Å². The van der Waals surface area contributed by atoms with E-state index < -0.39 is 5.60 Å². The number of nitrogens with one attached hydrogen (secondary N) is 1. The summed E-state index contributed by atoms with van der Waals surface area (Å²) in [4.78, 5) is 13.7. The van der Waals surface area contributed by atoms with E-state index in [0.717, 1.165) is 18.5 Å². The minimum Gasteiger partial charge on any atom is -0.444 e. The molecular weight excluding hydrogens is 216 g/mol. The van der Waals surface area contributed by atoms with Crippen molar-refractivity contribution in [2.24, 2.45) is 0 Å². The first-order valence-electron chi connectivity index (χ1n) is 6.13. The van der Waals surface area contributed by atoms with Crippen LogP contribution in [-0.2, 0) is 4.74 Å². The Balaban J connectivity index is 2.49. The van der Waals surface area contributed by atoms with E-state index in [1.54, 1.807) is 4.90 Å². The lowest BCUT2D eigenvalue weighted by Crippen LogP contribution is -2.53. The predicted octanol–water partition coefficient (Wildman–Crippen LogP) is 2.16. The Bertz CT molecular complexity index is 294. The van der Waals surface area contributed by atoms with Crippen LogP contribution in [0.3, 0.4) is 0 Å². The van der Waals surface area contributed by atoms with Gasteiger partial charge >= 0.3 is 6.09 Å². The number of carbonyl (C=O) groups is 1. The molecule has 0 aromatic heterocycles. The molecule has 1 saturated heterocycles. The van der Waals surface area contributed by atoms with Gasteiger partial charge in [0.2, 0.25) is 0 Å². The van der Waals surface area contributed by atoms with Gasteiger partial charge in [-0.05, 0) is 34.1 Å². The number of piperazine rings is 1. The van der Waals surface area contributed by atoms with E-state index in [-0.39, 0.29) is 6.09 Å². The Morgan fingerprint density at radius 2 is 2.18 bits per heavy atom. The minimum atomic E-state index is -0.425. The predicted molar refractivity (Wildman–Crippen MR) is 69.0 cm³/mol. The third kappa shape index (κ3) is 5.22. The number of ether oxygens (including phenoxy) is 1. The summed E-state index contributed by atoms with van der Waals surface area (Å²) in [6.45, 7) is 13.8. The zero-order valence-electron chi connectivity index (χ0n) is 11.4. The highest BCUT2D eigenvalue weighted by Crippen LogP contribution is 2.13. The van der Waals surface area contributed by atoms with Gasteiger partial charge in [-0.2, -0.15) is 0 Å². The summed E-state index contributed by atoms with van der Waals surface area (Å²) < 4.78 is 5.37. The summed E-state index contributed by atoms with van der Waals surface area (Å²) in [5.41, 5.74) is 0.708. The Hall–Kier alpha value is -1.03. The molecule has 1 aliphatic rings. The molecule has 4 nitrogen and oxygen atoms in total. The van der Waals surface area contributed by atoms with Gasteiger partial charge in [-0.1, -0.05) is 5.57 Å². The Labute approximate surface area is 104 Å². The average Bonchev–Trinajstić information content (AvgIpc) is 2.14. The monoisotopic (exact) mass is 240 g/mol. The van der Waals surface area contributed by atoms with E-state index >= 15 is 0 Å². The van der Waals surface area contributed by atoms with Crippen LogP contribution < -0.4 is 5.32 Å². The molecule has 1 heterocycles. The first-order valence-corrected chi connectivity index (χ1v) is 6.13. The molecule has 1 N–H and O–H groups in total. The standard InChI is InChI=1S/C13H24N2O2/c1-10(2)8-11-9-15(7-6-14-11)12(16)17-13(3,4)5/h11,14H,1,6-9H2,2-5H3/t11-/m1/s1. The lowest BCUT2D eigenvalue weighted by Gasteiger charge is -2.35. The molecule has 17 heavy (non-hydrogen) atoms. The van der Waals surface area contributed by atoms with Crippen LogP contribution in [0.1, 0.15) is 34.1 Å². The Kier molecular flexibility index (Phi) is 4.57. The molecule has 1 aliphatic heterocycles. The lowest BCUT2D eigenvalue weighted by atomic mass is 10.1. The molecule has 0 aromatic carbocycles. The quantitative estimate of drug-likeness (QED) is 0.752. The molecular formula is C13H24N2O2. The molecule has 0 saturated carbocycles. The van der Waals surface area contributed by atoms with E-state index in [4.69, 9.17) is 4.74 Å². The van der Waals surface area contributed by atoms with Crippen molar-refractivity contribution in [3.05, 3.63) is 12.2 Å². The average molecular weight is 240 g/mol. The molecule has 0 unspecified atom stereocenters. The number of carbonyl (C=O) groups excluding carboxylic acids is 1. The van der Waals surface area contributed by atoms with E-state index in [1.165, 1.54) is 0 Å². The molecule has 1 atom stereocenters. The molecule has 0 radical (unpaired) electrons. The second kappa shape index (κ2) is 5.54. The smallest absolute Gasteiger partial charge is 0.410 e. The molecule has 0 aromatic rings. The second-order valence-corrected chi connectivity index (χ2v) is 5.74. The topological polar surface area (TPSA) is 41.6 Å². The fourth-order valence-electron chi connectivity index (χ4n) is 1.88. The molecule has 0 aliphatic carbocycles. The molecule has 98 valence electrons. The number of rotatable bonds is 2. The summed E-state index contributed by atoms with van der Waals surface area (Å²) in [6.07, 6.45) is 0.685. The van der Waals surface area contributed by atoms with Gasteiger partial charge in [-0.25, -0.2) is 4.79 Å². The molecule has 0 spiro atoms. The van der Waals surface area contributed by atoms with Crippen LogP contribution in [0.15, 0.2) is 12.2 Å². The molecule has 1 rings (SSSR count). The Morgan fingerprint density at radius 3 is 2.71 bits per heavy atom. The van der Waals surface area contributed by atoms with Crippen LogP contribution in [0.4, 0.5) is 4.79 Å². The summed E-state index contributed by atoms with van der Waals surface area (Å²) in [7, 11) is 0. The van der Waals surface area contributed by atoms with Crippen LogP contribution >= 0.6 is 0 Å². The van der Waals surface area contributed by atoms with E-state index in [9.17, 15) is 4.79 Å². The van der Waals surface area contributed by atoms with Crippen LogP contribution in [0, 0.1) is 0 Å². The van der Waals surface area contributed by atoms with Gasteiger partial charge in [0.1, 0.15) is 5.60 Å². The van der Waals surface area contributed by atoms with Crippen molar-refractivity contribution in [3.63, 3.8) is 0 Å². The van der Waals surface area contributed by atoms with Gasteiger partial charge in [-0.15, -0.1) is 6.58 Å². The fourth-order valence-corrected chi connectivity index (χ4v) is 1.88. The first-order chi connectivity index (χ1) is 7.78. The van der Waals surface area contributed by atoms with Gasteiger partial charge in [0, 0.05) is 25.7 Å². The van der Waals surface area contributed by atoms with Crippen molar-refractivity contribution in [2.75, 3.05) is 19.6 Å². The molecule has 1 fully saturated rings. The van der Waals surface area contributed by atoms with Crippen molar-refractivity contribution in [1.82, 2.24) is 10.2 Å². The Morgan fingerprint density at radius 1 is 1.53 bits per heavy atom. The zero-order valence-corrected chi connectivity index (χ0v) is 11.4. The summed E-state index contributed by atoms with van der Waals surface area (Å²) in [5.74, 6) is 0. The van der Waals surface area contributed by atoms with Crippen molar-refractivity contribution in [3.8, 4) is 0 Å². The summed E-state index contributed by atoms with van der Waals surface area (Å²) >= 11 is 0. The highest BCUT2D eigenvalue weighted by molar-refractivity contribution is 5.68. The van der Waals surface area contributed by atoms with Gasteiger partial charge in [0.25, 0.3) is 0 Å². The first kappa shape index (κ1) is 14.0. The SMILES string of the molecule is C=C(C)C[C@@H]1CN(C(=O)OC(C)(C)C)CCN1. The van der Waals surface area contributed by atoms with Crippen molar-refractivity contribution >= 4 is 6.09 Å². The number of nitrogens with zero attached hydrogens (tertiary/aromatic N) is 1. The van der Waals surface area contributed by atoms with Gasteiger partial charge in [-0.3, -0.25) is 0 Å². The number of hydrogen-bond donors (Lipinski definition) is 1. The normalized spacial score (nSPS) is 21.2. The molecule has 4 heteroatoms. The molecule has 0 bridgehead atoms. The van der Waals surface area contributed by atoms with Crippen molar-refractivity contribution in [1.29, 1.82) is 0 Å². The number of hydrogen-bond acceptors (Lipinski definition) is 3. The zero-order chi connectivity index (χ0) is 13.1. The summed E-state index contributed by atoms with van der Waals surface area (Å²) in [6, 6.07) is 0.300. The largest absolute Gasteiger partial charge is 0.444 e. The third-order valence-corrected chi connectivity index (χ3v) is 2.50. The van der Waals surface area contributed by atoms with Crippen LogP contribution in [0.25, 0.3) is 0 Å². The maximum absolute atomic E-state index is 11.9. The maximum atomic E-state index is 11.9. The van der Waals surface area contributed by atoms with Gasteiger partial charge < -0.3 is 15.0 Å². The second-order valence-electron chi connectivity index (χ2n) is 5.74. The highest BCUT2D eigenvalue weighted by Gasteiger charge is 2.27. The van der Waals surface area contributed by atoms with E-state index in [1.807, 2.05) is 27.7 Å². The van der Waals surface area contributed by atoms with E-state index in [0.29, 0.717) is 19.1 Å². The third-order valence-electron chi connectivity index (χ3n) is 2.50. The van der Waals surface area contributed by atoms with Crippen molar-refractivity contribution in [2.45, 2.75) is 45.8 Å². The number of amides is 1. The van der Waals surface area contributed by atoms with Crippen LogP contribution in [0.2, 0.25) is 0 Å². The van der Waals surface area contributed by atoms with Gasteiger partial charge in [0.05, 0.1) is 0 Å². The van der Waals surface area contributed by atoms with Crippen LogP contribution in [0.5, 0.6) is 0 Å². The minimum absolute atomic E-state index is 0.217. The fraction of sp³-hybridized carbons (Fsp3) is 0.769.